The standard InChI is InChI=1S/C21H26FNO4/c1-13(2)12-23-21(26)27-19-8-6-4-5-7-17(19)16-10-9-15(11-18(16)22)14(3)20(24)25/h4-8,10-11,13-15,19H,9,12H2,1-3H3,(H,23,26)(H,24,25)/t14?,15?,19-/m1/s1. The number of carbonyl (C=O) groups is 2. The van der Waals surface area contributed by atoms with Crippen molar-refractivity contribution in [2.45, 2.75) is 33.3 Å². The van der Waals surface area contributed by atoms with Gasteiger partial charge in [0.2, 0.25) is 0 Å². The number of carboxylic acid groups (broad SMARTS) is 1. The first-order chi connectivity index (χ1) is 12.8. The highest BCUT2D eigenvalue weighted by atomic mass is 19.1. The first-order valence-electron chi connectivity index (χ1n) is 9.10. The van der Waals surface area contributed by atoms with E-state index < -0.39 is 35.8 Å². The number of carbonyl (C=O) groups excluding carboxylic acids is 1. The van der Waals surface area contributed by atoms with E-state index in [1.807, 2.05) is 13.8 Å². The van der Waals surface area contributed by atoms with Crippen molar-refractivity contribution in [2.24, 2.45) is 17.8 Å². The van der Waals surface area contributed by atoms with Crippen LogP contribution in [0.25, 0.3) is 0 Å². The molecule has 0 heterocycles. The van der Waals surface area contributed by atoms with Crippen LogP contribution in [0.1, 0.15) is 27.2 Å². The molecule has 0 aromatic heterocycles. The highest BCUT2D eigenvalue weighted by Crippen LogP contribution is 2.35. The van der Waals surface area contributed by atoms with Crippen LogP contribution in [0, 0.1) is 17.8 Å². The summed E-state index contributed by atoms with van der Waals surface area (Å²) in [5.41, 5.74) is 0.858. The van der Waals surface area contributed by atoms with Gasteiger partial charge in [-0.25, -0.2) is 9.18 Å². The van der Waals surface area contributed by atoms with Crippen molar-refractivity contribution in [3.8, 4) is 0 Å². The molecule has 1 amide bonds. The summed E-state index contributed by atoms with van der Waals surface area (Å²) in [4.78, 5) is 23.2. The molecule has 146 valence electrons. The van der Waals surface area contributed by atoms with Gasteiger partial charge < -0.3 is 15.2 Å². The van der Waals surface area contributed by atoms with E-state index in [4.69, 9.17) is 9.84 Å². The van der Waals surface area contributed by atoms with Crippen LogP contribution in [0.15, 0.2) is 59.5 Å². The lowest BCUT2D eigenvalue weighted by Crippen LogP contribution is -2.32. The minimum Gasteiger partial charge on any atom is -0.481 e. The number of aliphatic carboxylic acids is 1. The van der Waals surface area contributed by atoms with Gasteiger partial charge in [-0.2, -0.15) is 0 Å². The highest BCUT2D eigenvalue weighted by molar-refractivity contribution is 5.71. The molecule has 0 saturated heterocycles. The molecule has 0 aliphatic heterocycles. The number of hydrogen-bond acceptors (Lipinski definition) is 3. The van der Waals surface area contributed by atoms with E-state index in [-0.39, 0.29) is 5.92 Å². The van der Waals surface area contributed by atoms with Gasteiger partial charge in [-0.15, -0.1) is 0 Å². The SMILES string of the molecule is CC(C)CNC(=O)O[C@@H]1C=CC=CC=C1C1=CCC(C(C)C(=O)O)C=C1F. The molecule has 5 nitrogen and oxygen atoms in total. The average Bonchev–Trinajstić information content (AvgIpc) is 2.84. The number of alkyl carbamates (subject to hydrolysis) is 1. The highest BCUT2D eigenvalue weighted by Gasteiger charge is 2.29. The number of ether oxygens (including phenoxy) is 1. The molecule has 0 aromatic rings. The van der Waals surface area contributed by atoms with Gasteiger partial charge >= 0.3 is 12.1 Å². The van der Waals surface area contributed by atoms with Crippen LogP contribution in [0.5, 0.6) is 0 Å². The van der Waals surface area contributed by atoms with Crippen molar-refractivity contribution in [3.63, 3.8) is 0 Å². The molecule has 0 fully saturated rings. The number of amides is 1. The van der Waals surface area contributed by atoms with Crippen molar-refractivity contribution >= 4 is 12.1 Å². The average molecular weight is 375 g/mol. The van der Waals surface area contributed by atoms with Crippen LogP contribution in [0.4, 0.5) is 9.18 Å². The third kappa shape index (κ3) is 5.67. The molecule has 3 atom stereocenters. The monoisotopic (exact) mass is 375 g/mol. The Morgan fingerprint density at radius 3 is 2.67 bits per heavy atom. The van der Waals surface area contributed by atoms with Crippen molar-refractivity contribution in [2.75, 3.05) is 6.54 Å². The van der Waals surface area contributed by atoms with E-state index in [0.717, 1.165) is 0 Å². The zero-order valence-corrected chi connectivity index (χ0v) is 15.8. The van der Waals surface area contributed by atoms with Crippen molar-refractivity contribution in [3.05, 3.63) is 59.5 Å². The Kier molecular flexibility index (Phi) is 7.16. The summed E-state index contributed by atoms with van der Waals surface area (Å²) in [6, 6.07) is 0. The van der Waals surface area contributed by atoms with Gasteiger partial charge in [0.15, 0.2) is 0 Å². The van der Waals surface area contributed by atoms with Crippen molar-refractivity contribution < 1.29 is 23.8 Å². The van der Waals surface area contributed by atoms with Gasteiger partial charge in [0, 0.05) is 17.7 Å². The van der Waals surface area contributed by atoms with Gasteiger partial charge in [-0.1, -0.05) is 51.2 Å². The molecule has 0 aromatic carbocycles. The molecule has 0 saturated carbocycles. The summed E-state index contributed by atoms with van der Waals surface area (Å²) in [7, 11) is 0. The fourth-order valence-corrected chi connectivity index (χ4v) is 2.86. The van der Waals surface area contributed by atoms with E-state index in [1.54, 1.807) is 43.4 Å². The second kappa shape index (κ2) is 9.35. The lowest BCUT2D eigenvalue weighted by molar-refractivity contribution is -0.142. The van der Waals surface area contributed by atoms with E-state index in [1.165, 1.54) is 6.08 Å². The molecular weight excluding hydrogens is 349 g/mol. The normalized spacial score (nSPS) is 23.1. The van der Waals surface area contributed by atoms with Crippen molar-refractivity contribution in [1.82, 2.24) is 5.32 Å². The molecule has 2 rings (SSSR count). The zero-order chi connectivity index (χ0) is 20.0. The minimum absolute atomic E-state index is 0.286. The predicted molar refractivity (Wildman–Crippen MR) is 102 cm³/mol. The van der Waals surface area contributed by atoms with Gasteiger partial charge in [0.1, 0.15) is 11.9 Å². The second-order valence-corrected chi connectivity index (χ2v) is 7.15. The Labute approximate surface area is 159 Å². The Hall–Kier alpha value is -2.63. The first kappa shape index (κ1) is 20.7. The Bertz CT molecular complexity index is 730. The number of rotatable bonds is 6. The molecule has 0 radical (unpaired) electrons. The van der Waals surface area contributed by atoms with Gasteiger partial charge in [-0.3, -0.25) is 4.79 Å². The molecule has 2 aliphatic carbocycles. The molecular formula is C21H26FNO4. The number of halogens is 1. The molecule has 6 heteroatoms. The molecule has 27 heavy (non-hydrogen) atoms. The van der Waals surface area contributed by atoms with Crippen LogP contribution in [-0.2, 0) is 9.53 Å². The lowest BCUT2D eigenvalue weighted by Gasteiger charge is -2.25. The summed E-state index contributed by atoms with van der Waals surface area (Å²) >= 11 is 0. The Morgan fingerprint density at radius 2 is 2.04 bits per heavy atom. The molecule has 0 spiro atoms. The number of carboxylic acids is 1. The smallest absolute Gasteiger partial charge is 0.408 e. The van der Waals surface area contributed by atoms with Crippen LogP contribution in [-0.4, -0.2) is 29.8 Å². The summed E-state index contributed by atoms with van der Waals surface area (Å²) in [6.07, 6.45) is 10.8. The maximum absolute atomic E-state index is 14.8. The predicted octanol–water partition coefficient (Wildman–Crippen LogP) is 4.31. The number of hydrogen-bond donors (Lipinski definition) is 2. The maximum atomic E-state index is 14.8. The van der Waals surface area contributed by atoms with E-state index in [9.17, 15) is 14.0 Å². The third-order valence-corrected chi connectivity index (χ3v) is 4.53. The third-order valence-electron chi connectivity index (χ3n) is 4.53. The van der Waals surface area contributed by atoms with Crippen LogP contribution >= 0.6 is 0 Å². The zero-order valence-electron chi connectivity index (χ0n) is 15.8. The van der Waals surface area contributed by atoms with E-state index in [0.29, 0.717) is 24.1 Å². The van der Waals surface area contributed by atoms with Gasteiger partial charge in [0.25, 0.3) is 0 Å². The van der Waals surface area contributed by atoms with Crippen molar-refractivity contribution in [1.29, 1.82) is 0 Å². The summed E-state index contributed by atoms with van der Waals surface area (Å²) in [5.74, 6) is -2.25. The topological polar surface area (TPSA) is 75.6 Å². The fraction of sp³-hybridized carbons (Fsp3) is 0.429. The lowest BCUT2D eigenvalue weighted by atomic mass is 9.83. The quantitative estimate of drug-likeness (QED) is 0.725. The second-order valence-electron chi connectivity index (χ2n) is 7.15. The summed E-state index contributed by atoms with van der Waals surface area (Å²) in [5, 5.41) is 11.8. The first-order valence-corrected chi connectivity index (χ1v) is 9.10. The fourth-order valence-electron chi connectivity index (χ4n) is 2.86. The van der Waals surface area contributed by atoms with Crippen LogP contribution in [0.2, 0.25) is 0 Å². The minimum atomic E-state index is -0.955. The summed E-state index contributed by atoms with van der Waals surface area (Å²) < 4.78 is 20.2. The van der Waals surface area contributed by atoms with E-state index >= 15 is 0 Å². The van der Waals surface area contributed by atoms with E-state index in [2.05, 4.69) is 5.32 Å². The molecule has 0 bridgehead atoms. The molecule has 2 N–H and O–H groups in total. The van der Waals surface area contributed by atoms with Crippen LogP contribution < -0.4 is 5.32 Å². The van der Waals surface area contributed by atoms with Gasteiger partial charge in [0.05, 0.1) is 5.92 Å². The number of allylic oxidation sites excluding steroid dienone is 7. The number of nitrogens with one attached hydrogen (secondary N) is 1. The summed E-state index contributed by atoms with van der Waals surface area (Å²) in [6.45, 7) is 6.00. The molecule has 2 aliphatic rings. The Morgan fingerprint density at radius 1 is 1.30 bits per heavy atom. The molecule has 2 unspecified atom stereocenters. The largest absolute Gasteiger partial charge is 0.481 e. The Balaban J connectivity index is 2.16. The van der Waals surface area contributed by atoms with Gasteiger partial charge in [-0.05, 0) is 30.4 Å². The maximum Gasteiger partial charge on any atom is 0.408 e. The van der Waals surface area contributed by atoms with Crippen LogP contribution in [0.3, 0.4) is 0 Å².